The number of halogens is 4. The van der Waals surface area contributed by atoms with Crippen LogP contribution in [0.1, 0.15) is 32.6 Å². The molecule has 3 heterocycles. The van der Waals surface area contributed by atoms with E-state index in [1.54, 1.807) is 0 Å². The molecule has 3 atom stereocenters. The highest BCUT2D eigenvalue weighted by atomic mass is 35.5. The molecule has 0 bridgehead atoms. The van der Waals surface area contributed by atoms with Crippen LogP contribution in [0.3, 0.4) is 0 Å². The number of pyridine rings is 1. The lowest BCUT2D eigenvalue weighted by Gasteiger charge is -2.58. The minimum absolute atomic E-state index is 0.0698. The standard InChI is InChI=1S/C22H24ClF3N4O2S/c1-13-6-9-30(13)16-5-7-22(16)8-10-29(12-22)15-11-14(24)21(20(26)19(15)23)33(31,32)28-18-4-2-3-17(25)27-18/h2-4,11,13,16H,5-10,12H2,1H3,(H,27,28)/t13-,16+,22-/m0/s1. The molecule has 0 unspecified atom stereocenters. The second-order valence-electron chi connectivity index (χ2n) is 9.25. The molecule has 0 amide bonds. The van der Waals surface area contributed by atoms with Gasteiger partial charge in [0.15, 0.2) is 10.7 Å². The van der Waals surface area contributed by atoms with E-state index in [0.29, 0.717) is 25.2 Å². The molecule has 1 saturated carbocycles. The van der Waals surface area contributed by atoms with Crippen LogP contribution in [0.25, 0.3) is 0 Å². The van der Waals surface area contributed by atoms with Crippen molar-refractivity contribution >= 4 is 33.1 Å². The maximum absolute atomic E-state index is 15.1. The van der Waals surface area contributed by atoms with Crippen molar-refractivity contribution in [3.63, 3.8) is 0 Å². The molecule has 2 aliphatic heterocycles. The molecule has 1 aromatic carbocycles. The van der Waals surface area contributed by atoms with E-state index in [1.165, 1.54) is 18.6 Å². The first-order valence-electron chi connectivity index (χ1n) is 10.9. The molecule has 1 aromatic heterocycles. The fourth-order valence-electron chi connectivity index (χ4n) is 5.47. The van der Waals surface area contributed by atoms with E-state index < -0.39 is 43.3 Å². The number of nitrogens with zero attached hydrogens (tertiary/aromatic N) is 3. The number of sulfonamides is 1. The van der Waals surface area contributed by atoms with E-state index in [0.717, 1.165) is 37.9 Å². The largest absolute Gasteiger partial charge is 0.370 e. The molecular weight excluding hydrogens is 477 g/mol. The summed E-state index contributed by atoms with van der Waals surface area (Å²) in [5, 5.41) is -0.450. The van der Waals surface area contributed by atoms with Gasteiger partial charge in [0.05, 0.1) is 5.69 Å². The SMILES string of the molecule is C[C@H]1CCN1[C@@H]1CC[C@@]12CCN(c1cc(F)c(S(=O)(=O)Nc3cccc(F)n3)c(F)c1Cl)C2. The Morgan fingerprint density at radius 3 is 2.58 bits per heavy atom. The van der Waals surface area contributed by atoms with Crippen molar-refractivity contribution in [3.8, 4) is 0 Å². The van der Waals surface area contributed by atoms with Crippen molar-refractivity contribution in [2.24, 2.45) is 5.41 Å². The van der Waals surface area contributed by atoms with E-state index in [1.807, 2.05) is 9.62 Å². The maximum Gasteiger partial charge on any atom is 0.268 e. The summed E-state index contributed by atoms with van der Waals surface area (Å²) < 4.78 is 70.6. The van der Waals surface area contributed by atoms with Crippen LogP contribution in [-0.4, -0.2) is 50.0 Å². The number of rotatable bonds is 5. The summed E-state index contributed by atoms with van der Waals surface area (Å²) in [5.41, 5.74) is 0.217. The fraction of sp³-hybridized carbons (Fsp3) is 0.500. The average Bonchev–Trinajstić information content (AvgIpc) is 3.20. The van der Waals surface area contributed by atoms with Gasteiger partial charge >= 0.3 is 0 Å². The van der Waals surface area contributed by atoms with Gasteiger partial charge in [0, 0.05) is 43.2 Å². The summed E-state index contributed by atoms with van der Waals surface area (Å²) in [4.78, 5) is 6.52. The van der Waals surface area contributed by atoms with Gasteiger partial charge in [-0.05, 0) is 44.7 Å². The molecule has 1 N–H and O–H groups in total. The summed E-state index contributed by atoms with van der Waals surface area (Å²) in [6, 6.07) is 5.40. The molecule has 3 aliphatic rings. The number of aromatic nitrogens is 1. The van der Waals surface area contributed by atoms with Crippen LogP contribution in [0, 0.1) is 23.0 Å². The van der Waals surface area contributed by atoms with Gasteiger partial charge < -0.3 is 4.90 Å². The summed E-state index contributed by atoms with van der Waals surface area (Å²) >= 11 is 6.24. The Balaban J connectivity index is 1.41. The number of hydrogen-bond donors (Lipinski definition) is 1. The van der Waals surface area contributed by atoms with Gasteiger partial charge in [-0.2, -0.15) is 4.39 Å². The Labute approximate surface area is 195 Å². The first kappa shape index (κ1) is 22.7. The van der Waals surface area contributed by atoms with Crippen molar-refractivity contribution < 1.29 is 21.6 Å². The lowest BCUT2D eigenvalue weighted by atomic mass is 9.62. The lowest BCUT2D eigenvalue weighted by Crippen LogP contribution is -2.63. The van der Waals surface area contributed by atoms with E-state index in [9.17, 15) is 17.2 Å². The quantitative estimate of drug-likeness (QED) is 0.487. The summed E-state index contributed by atoms with van der Waals surface area (Å²) in [7, 11) is -4.73. The number of benzene rings is 1. The highest BCUT2D eigenvalue weighted by Crippen LogP contribution is 2.54. The monoisotopic (exact) mass is 500 g/mol. The van der Waals surface area contributed by atoms with Gasteiger partial charge in [0.25, 0.3) is 10.0 Å². The van der Waals surface area contributed by atoms with E-state index in [2.05, 4.69) is 16.8 Å². The summed E-state index contributed by atoms with van der Waals surface area (Å²) in [6.45, 7) is 4.51. The van der Waals surface area contributed by atoms with E-state index >= 15 is 4.39 Å². The first-order valence-corrected chi connectivity index (χ1v) is 12.8. The number of likely N-dealkylation sites (tertiary alicyclic amines) is 1. The third-order valence-electron chi connectivity index (χ3n) is 7.44. The Morgan fingerprint density at radius 2 is 1.97 bits per heavy atom. The lowest BCUT2D eigenvalue weighted by molar-refractivity contribution is -0.0728. The molecule has 1 aliphatic carbocycles. The molecule has 2 aromatic rings. The van der Waals surface area contributed by atoms with Crippen LogP contribution < -0.4 is 9.62 Å². The third-order valence-corrected chi connectivity index (χ3v) is 9.19. The van der Waals surface area contributed by atoms with Crippen molar-refractivity contribution in [1.82, 2.24) is 9.88 Å². The van der Waals surface area contributed by atoms with Crippen LogP contribution in [0.4, 0.5) is 24.7 Å². The highest BCUT2D eigenvalue weighted by Gasteiger charge is 2.55. The normalized spacial score (nSPS) is 27.5. The summed E-state index contributed by atoms with van der Waals surface area (Å²) in [6.07, 6.45) is 4.25. The molecule has 33 heavy (non-hydrogen) atoms. The van der Waals surface area contributed by atoms with Gasteiger partial charge in [0.1, 0.15) is 16.7 Å². The molecular formula is C22H24ClF3N4O2S. The second-order valence-corrected chi connectivity index (χ2v) is 11.2. The van der Waals surface area contributed by atoms with Crippen molar-refractivity contribution in [3.05, 3.63) is 46.9 Å². The first-order chi connectivity index (χ1) is 15.6. The molecule has 2 saturated heterocycles. The van der Waals surface area contributed by atoms with Gasteiger partial charge in [0.2, 0.25) is 5.95 Å². The van der Waals surface area contributed by atoms with Gasteiger partial charge in [-0.15, -0.1) is 0 Å². The van der Waals surface area contributed by atoms with Crippen molar-refractivity contribution in [2.75, 3.05) is 29.3 Å². The van der Waals surface area contributed by atoms with Gasteiger partial charge in [-0.3, -0.25) is 9.62 Å². The molecule has 6 nitrogen and oxygen atoms in total. The van der Waals surface area contributed by atoms with Gasteiger partial charge in [-0.1, -0.05) is 17.7 Å². The minimum Gasteiger partial charge on any atom is -0.370 e. The topological polar surface area (TPSA) is 65.5 Å². The van der Waals surface area contributed by atoms with Crippen molar-refractivity contribution in [2.45, 2.75) is 49.6 Å². The fourth-order valence-corrected chi connectivity index (χ4v) is 6.94. The number of hydrogen-bond acceptors (Lipinski definition) is 5. The second kappa shape index (κ2) is 8.02. The number of anilines is 2. The average molecular weight is 501 g/mol. The highest BCUT2D eigenvalue weighted by molar-refractivity contribution is 7.92. The third kappa shape index (κ3) is 3.76. The molecule has 11 heteroatoms. The van der Waals surface area contributed by atoms with E-state index in [4.69, 9.17) is 11.6 Å². The molecule has 178 valence electrons. The zero-order chi connectivity index (χ0) is 23.5. The van der Waals surface area contributed by atoms with Crippen molar-refractivity contribution in [1.29, 1.82) is 0 Å². The number of nitrogens with one attached hydrogen (secondary N) is 1. The molecule has 3 fully saturated rings. The molecule has 1 spiro atoms. The zero-order valence-corrected chi connectivity index (χ0v) is 19.6. The van der Waals surface area contributed by atoms with Gasteiger partial charge in [-0.25, -0.2) is 22.2 Å². The summed E-state index contributed by atoms with van der Waals surface area (Å²) in [5.74, 6) is -3.97. The minimum atomic E-state index is -4.73. The van der Waals surface area contributed by atoms with Crippen LogP contribution >= 0.6 is 11.6 Å². The van der Waals surface area contributed by atoms with Crippen LogP contribution in [0.2, 0.25) is 5.02 Å². The Kier molecular flexibility index (Phi) is 5.53. The Bertz CT molecular complexity index is 1210. The Morgan fingerprint density at radius 1 is 1.18 bits per heavy atom. The molecule has 0 radical (unpaired) electrons. The Hall–Kier alpha value is -2.04. The predicted molar refractivity (Wildman–Crippen MR) is 119 cm³/mol. The predicted octanol–water partition coefficient (Wildman–Crippen LogP) is 4.41. The zero-order valence-electron chi connectivity index (χ0n) is 18.0. The van der Waals surface area contributed by atoms with Crippen LogP contribution in [-0.2, 0) is 10.0 Å². The van der Waals surface area contributed by atoms with Crippen LogP contribution in [0.15, 0.2) is 29.2 Å². The maximum atomic E-state index is 15.1. The van der Waals surface area contributed by atoms with Crippen LogP contribution in [0.5, 0.6) is 0 Å². The smallest absolute Gasteiger partial charge is 0.268 e. The van der Waals surface area contributed by atoms with E-state index in [-0.39, 0.29) is 11.1 Å². The molecule has 5 rings (SSSR count).